The van der Waals surface area contributed by atoms with Gasteiger partial charge < -0.3 is 15.0 Å². The predicted molar refractivity (Wildman–Crippen MR) is 74.9 cm³/mol. The molecule has 98 valence electrons. The van der Waals surface area contributed by atoms with Crippen molar-refractivity contribution in [2.75, 3.05) is 38.2 Å². The van der Waals surface area contributed by atoms with E-state index in [2.05, 4.69) is 22.8 Å². The lowest BCUT2D eigenvalue weighted by Crippen LogP contribution is -2.43. The Morgan fingerprint density at radius 1 is 1.39 bits per heavy atom. The smallest absolute Gasteiger partial charge is 0.338 e. The third-order valence-electron chi connectivity index (χ3n) is 3.25. The first-order valence-electron chi connectivity index (χ1n) is 6.01. The first-order valence-corrected chi connectivity index (χ1v) is 6.46. The summed E-state index contributed by atoms with van der Waals surface area (Å²) in [4.78, 5) is 14.8. The molecule has 2 rings (SSSR count). The summed E-state index contributed by atoms with van der Waals surface area (Å²) in [6.07, 6.45) is 0. The number of ether oxygens (including phenoxy) is 1. The van der Waals surface area contributed by atoms with Gasteiger partial charge in [0.1, 0.15) is 0 Å². The van der Waals surface area contributed by atoms with Crippen LogP contribution in [-0.4, -0.2) is 39.3 Å². The first kappa shape index (κ1) is 13.2. The van der Waals surface area contributed by atoms with Gasteiger partial charge in [0.25, 0.3) is 0 Å². The maximum Gasteiger partial charge on any atom is 0.338 e. The topological polar surface area (TPSA) is 41.6 Å². The molecule has 1 heterocycles. The summed E-state index contributed by atoms with van der Waals surface area (Å²) < 4.78 is 4.81. The molecule has 5 heteroatoms. The van der Waals surface area contributed by atoms with Crippen LogP contribution >= 0.6 is 12.6 Å². The summed E-state index contributed by atoms with van der Waals surface area (Å²) in [6.45, 7) is 5.69. The molecular weight excluding hydrogens is 248 g/mol. The first-order chi connectivity index (χ1) is 8.63. The fourth-order valence-electron chi connectivity index (χ4n) is 2.11. The zero-order valence-corrected chi connectivity index (χ0v) is 11.6. The van der Waals surface area contributed by atoms with E-state index in [0.717, 1.165) is 42.3 Å². The molecule has 0 bridgehead atoms. The highest BCUT2D eigenvalue weighted by molar-refractivity contribution is 7.80. The molecule has 0 saturated carbocycles. The van der Waals surface area contributed by atoms with Gasteiger partial charge >= 0.3 is 5.97 Å². The lowest BCUT2D eigenvalue weighted by atomic mass is 10.1. The van der Waals surface area contributed by atoms with Crippen molar-refractivity contribution in [3.63, 3.8) is 0 Å². The van der Waals surface area contributed by atoms with E-state index in [4.69, 9.17) is 4.74 Å². The summed E-state index contributed by atoms with van der Waals surface area (Å²) in [5.74, 6) is -0.306. The van der Waals surface area contributed by atoms with Gasteiger partial charge in [0, 0.05) is 36.8 Å². The Kier molecular flexibility index (Phi) is 4.14. The van der Waals surface area contributed by atoms with Crippen molar-refractivity contribution >= 4 is 24.3 Å². The quantitative estimate of drug-likeness (QED) is 0.628. The molecule has 1 aliphatic rings. The predicted octanol–water partition coefficient (Wildman–Crippen LogP) is 1.48. The van der Waals surface area contributed by atoms with Gasteiger partial charge in [0.15, 0.2) is 0 Å². The van der Waals surface area contributed by atoms with Crippen molar-refractivity contribution in [2.45, 2.75) is 11.8 Å². The summed E-state index contributed by atoms with van der Waals surface area (Å²) >= 11 is 4.44. The largest absolute Gasteiger partial charge is 0.465 e. The van der Waals surface area contributed by atoms with E-state index < -0.39 is 0 Å². The molecule has 1 aliphatic heterocycles. The number of anilines is 1. The van der Waals surface area contributed by atoms with E-state index in [1.807, 2.05) is 19.1 Å². The molecule has 1 N–H and O–H groups in total. The summed E-state index contributed by atoms with van der Waals surface area (Å²) in [5.41, 5.74) is 2.50. The van der Waals surface area contributed by atoms with Gasteiger partial charge in [-0.1, -0.05) is 0 Å². The van der Waals surface area contributed by atoms with E-state index >= 15 is 0 Å². The molecule has 0 aliphatic carbocycles. The number of nitrogens with one attached hydrogen (secondary N) is 1. The number of hydrogen-bond donors (Lipinski definition) is 2. The minimum Gasteiger partial charge on any atom is -0.465 e. The fraction of sp³-hybridized carbons (Fsp3) is 0.462. The van der Waals surface area contributed by atoms with Crippen LogP contribution in [0.25, 0.3) is 0 Å². The molecule has 0 atom stereocenters. The normalized spacial score (nSPS) is 15.6. The molecule has 1 fully saturated rings. The number of hydrogen-bond acceptors (Lipinski definition) is 5. The van der Waals surface area contributed by atoms with Gasteiger partial charge in [-0.2, -0.15) is 0 Å². The molecule has 0 aromatic heterocycles. The van der Waals surface area contributed by atoms with E-state index in [9.17, 15) is 4.79 Å². The number of nitrogens with zero attached hydrogens (tertiary/aromatic N) is 1. The Bertz CT molecular complexity index is 457. The summed E-state index contributed by atoms with van der Waals surface area (Å²) in [6, 6.07) is 3.91. The second kappa shape index (κ2) is 5.63. The molecule has 0 radical (unpaired) electrons. The molecule has 0 unspecified atom stereocenters. The van der Waals surface area contributed by atoms with E-state index in [-0.39, 0.29) is 5.97 Å². The zero-order valence-electron chi connectivity index (χ0n) is 10.7. The van der Waals surface area contributed by atoms with Crippen molar-refractivity contribution in [2.24, 2.45) is 0 Å². The minimum absolute atomic E-state index is 0.306. The standard InChI is InChI=1S/C13H18N2O2S/c1-9-11(13(16)17-2)7-10(8-12(9)18)15-5-3-14-4-6-15/h7-8,14,18H,3-6H2,1-2H3. The van der Waals surface area contributed by atoms with Crippen LogP contribution in [0.4, 0.5) is 5.69 Å². The highest BCUT2D eigenvalue weighted by Gasteiger charge is 2.17. The molecule has 18 heavy (non-hydrogen) atoms. The number of piperazine rings is 1. The maximum atomic E-state index is 11.7. The maximum absolute atomic E-state index is 11.7. The van der Waals surface area contributed by atoms with E-state index in [1.54, 1.807) is 0 Å². The van der Waals surface area contributed by atoms with Crippen molar-refractivity contribution in [3.05, 3.63) is 23.3 Å². The zero-order chi connectivity index (χ0) is 13.1. The Balaban J connectivity index is 2.36. The molecule has 0 amide bonds. The Labute approximate surface area is 113 Å². The van der Waals surface area contributed by atoms with Gasteiger partial charge in [0.2, 0.25) is 0 Å². The van der Waals surface area contributed by atoms with Crippen molar-refractivity contribution in [1.29, 1.82) is 0 Å². The lowest BCUT2D eigenvalue weighted by Gasteiger charge is -2.30. The average Bonchev–Trinajstić information content (AvgIpc) is 2.41. The molecule has 1 aromatic rings. The average molecular weight is 266 g/mol. The highest BCUT2D eigenvalue weighted by atomic mass is 32.1. The van der Waals surface area contributed by atoms with E-state index in [0.29, 0.717) is 5.56 Å². The van der Waals surface area contributed by atoms with E-state index in [1.165, 1.54) is 7.11 Å². The SMILES string of the molecule is COC(=O)c1cc(N2CCNCC2)cc(S)c1C. The number of carbonyl (C=O) groups excluding carboxylic acids is 1. The minimum atomic E-state index is -0.306. The van der Waals surface area contributed by atoms with Crippen molar-refractivity contribution in [3.8, 4) is 0 Å². The Hall–Kier alpha value is -1.20. The number of benzene rings is 1. The molecule has 4 nitrogen and oxygen atoms in total. The van der Waals surface area contributed by atoms with Crippen LogP contribution in [0.5, 0.6) is 0 Å². The third-order valence-corrected chi connectivity index (χ3v) is 3.72. The third kappa shape index (κ3) is 2.62. The van der Waals surface area contributed by atoms with Crippen LogP contribution in [0.3, 0.4) is 0 Å². The number of thiol groups is 1. The van der Waals surface area contributed by atoms with Crippen LogP contribution in [-0.2, 0) is 4.74 Å². The Morgan fingerprint density at radius 2 is 2.06 bits per heavy atom. The van der Waals surface area contributed by atoms with Crippen LogP contribution in [0, 0.1) is 6.92 Å². The Morgan fingerprint density at radius 3 is 2.67 bits per heavy atom. The molecule has 1 aromatic carbocycles. The van der Waals surface area contributed by atoms with Crippen LogP contribution in [0.2, 0.25) is 0 Å². The van der Waals surface area contributed by atoms with Gasteiger partial charge in [-0.15, -0.1) is 12.6 Å². The number of methoxy groups -OCH3 is 1. The molecule has 0 spiro atoms. The van der Waals surface area contributed by atoms with Gasteiger partial charge in [-0.05, 0) is 24.6 Å². The van der Waals surface area contributed by atoms with Crippen LogP contribution in [0.15, 0.2) is 17.0 Å². The second-order valence-electron chi connectivity index (χ2n) is 4.37. The van der Waals surface area contributed by atoms with Crippen molar-refractivity contribution < 1.29 is 9.53 Å². The van der Waals surface area contributed by atoms with Crippen molar-refractivity contribution in [1.82, 2.24) is 5.32 Å². The molecular formula is C13H18N2O2S. The van der Waals surface area contributed by atoms with Crippen LogP contribution < -0.4 is 10.2 Å². The highest BCUT2D eigenvalue weighted by Crippen LogP contribution is 2.26. The number of rotatable bonds is 2. The number of esters is 1. The van der Waals surface area contributed by atoms with Gasteiger partial charge in [-0.3, -0.25) is 0 Å². The lowest BCUT2D eigenvalue weighted by molar-refractivity contribution is 0.0599. The summed E-state index contributed by atoms with van der Waals surface area (Å²) in [5, 5.41) is 3.31. The van der Waals surface area contributed by atoms with Crippen LogP contribution in [0.1, 0.15) is 15.9 Å². The van der Waals surface area contributed by atoms with Gasteiger partial charge in [-0.25, -0.2) is 4.79 Å². The summed E-state index contributed by atoms with van der Waals surface area (Å²) in [7, 11) is 1.40. The number of carbonyl (C=O) groups is 1. The second-order valence-corrected chi connectivity index (χ2v) is 4.85. The fourth-order valence-corrected chi connectivity index (χ4v) is 2.36. The molecule has 1 saturated heterocycles. The monoisotopic (exact) mass is 266 g/mol. The van der Waals surface area contributed by atoms with Gasteiger partial charge in [0.05, 0.1) is 12.7 Å².